The first-order chi connectivity index (χ1) is 12.6. The van der Waals surface area contributed by atoms with Gasteiger partial charge in [-0.05, 0) is 11.6 Å². The van der Waals surface area contributed by atoms with Crippen LogP contribution in [0.15, 0.2) is 30.3 Å². The topological polar surface area (TPSA) is 68.8 Å². The molecule has 4 rings (SSSR count). The predicted molar refractivity (Wildman–Crippen MR) is 98.1 cm³/mol. The van der Waals surface area contributed by atoms with Crippen molar-refractivity contribution in [2.24, 2.45) is 0 Å². The lowest BCUT2D eigenvalue weighted by Crippen LogP contribution is -2.37. The van der Waals surface area contributed by atoms with E-state index in [1.165, 1.54) is 0 Å². The van der Waals surface area contributed by atoms with Gasteiger partial charge < -0.3 is 4.90 Å². The number of aryl methyl sites for hydroxylation is 1. The van der Waals surface area contributed by atoms with E-state index in [9.17, 15) is 4.79 Å². The molecule has 0 aliphatic carbocycles. The summed E-state index contributed by atoms with van der Waals surface area (Å²) in [4.78, 5) is 18.7. The van der Waals surface area contributed by atoms with Gasteiger partial charge in [0.25, 0.3) is 5.91 Å². The zero-order valence-corrected chi connectivity index (χ0v) is 15.4. The highest BCUT2D eigenvalue weighted by molar-refractivity contribution is 6.31. The highest BCUT2D eigenvalue weighted by atomic mass is 35.5. The molecule has 0 atom stereocenters. The molecule has 2 aromatic heterocycles. The fraction of sp³-hybridized carbons (Fsp3) is 0.333. The van der Waals surface area contributed by atoms with Crippen LogP contribution in [0.25, 0.3) is 11.5 Å². The van der Waals surface area contributed by atoms with Crippen LogP contribution < -0.4 is 0 Å². The van der Waals surface area contributed by atoms with Crippen molar-refractivity contribution in [3.8, 4) is 11.5 Å². The molecule has 134 valence electrons. The summed E-state index contributed by atoms with van der Waals surface area (Å²) in [6.07, 6.45) is 0.720. The van der Waals surface area contributed by atoms with Crippen LogP contribution in [0.2, 0.25) is 5.02 Å². The Morgan fingerprint density at radius 2 is 2.00 bits per heavy atom. The van der Waals surface area contributed by atoms with Gasteiger partial charge in [-0.3, -0.25) is 9.48 Å². The Kier molecular flexibility index (Phi) is 4.24. The van der Waals surface area contributed by atoms with E-state index in [0.717, 1.165) is 17.8 Å². The molecule has 0 unspecified atom stereocenters. The molecule has 26 heavy (non-hydrogen) atoms. The maximum Gasteiger partial charge on any atom is 0.271 e. The Bertz CT molecular complexity index is 976. The third kappa shape index (κ3) is 2.88. The molecular formula is C18H19ClN6O. The molecular weight excluding hydrogens is 352 g/mol. The first-order valence-corrected chi connectivity index (χ1v) is 8.95. The average Bonchev–Trinajstić information content (AvgIpc) is 3.24. The SMILES string of the molecule is CCc1nc(-c2cc3n(n2)CCN(C)C3=O)n(Cc2ccccc2Cl)n1. The number of hydrogen-bond acceptors (Lipinski definition) is 4. The largest absolute Gasteiger partial charge is 0.339 e. The molecule has 3 heterocycles. The lowest BCUT2D eigenvalue weighted by Gasteiger charge is -2.22. The first-order valence-electron chi connectivity index (χ1n) is 8.57. The molecule has 0 radical (unpaired) electrons. The van der Waals surface area contributed by atoms with Gasteiger partial charge in [-0.1, -0.05) is 36.7 Å². The molecule has 3 aromatic rings. The minimum Gasteiger partial charge on any atom is -0.339 e. The smallest absolute Gasteiger partial charge is 0.271 e. The standard InChI is InChI=1S/C18H19ClN6O/c1-3-16-20-17(25(22-16)11-12-6-4-5-7-13(12)19)14-10-15-18(26)23(2)8-9-24(15)21-14/h4-7,10H,3,8-9,11H2,1-2H3. The average molecular weight is 371 g/mol. The molecule has 7 nitrogen and oxygen atoms in total. The van der Waals surface area contributed by atoms with Gasteiger partial charge in [0.2, 0.25) is 0 Å². The molecule has 0 bridgehead atoms. The monoisotopic (exact) mass is 370 g/mol. The van der Waals surface area contributed by atoms with Gasteiger partial charge in [0.1, 0.15) is 11.4 Å². The van der Waals surface area contributed by atoms with Crippen LogP contribution in [-0.4, -0.2) is 48.9 Å². The van der Waals surface area contributed by atoms with E-state index in [1.54, 1.807) is 22.7 Å². The highest BCUT2D eigenvalue weighted by Crippen LogP contribution is 2.23. The van der Waals surface area contributed by atoms with Crippen molar-refractivity contribution >= 4 is 17.5 Å². The van der Waals surface area contributed by atoms with Crippen LogP contribution in [0.3, 0.4) is 0 Å². The van der Waals surface area contributed by atoms with E-state index in [1.807, 2.05) is 35.9 Å². The Balaban J connectivity index is 1.75. The lowest BCUT2D eigenvalue weighted by molar-refractivity contribution is 0.0743. The summed E-state index contributed by atoms with van der Waals surface area (Å²) in [6, 6.07) is 9.47. The minimum absolute atomic E-state index is 0.0251. The Labute approximate surface area is 156 Å². The van der Waals surface area contributed by atoms with Crippen LogP contribution in [-0.2, 0) is 19.5 Å². The number of aromatic nitrogens is 5. The summed E-state index contributed by atoms with van der Waals surface area (Å²) in [5, 5.41) is 9.86. The zero-order valence-electron chi connectivity index (χ0n) is 14.7. The normalized spacial score (nSPS) is 14.0. The number of nitrogens with zero attached hydrogens (tertiary/aromatic N) is 6. The van der Waals surface area contributed by atoms with Gasteiger partial charge in [0.05, 0.1) is 13.1 Å². The van der Waals surface area contributed by atoms with Crippen molar-refractivity contribution in [1.29, 1.82) is 0 Å². The molecule has 1 aromatic carbocycles. The molecule has 0 saturated heterocycles. The van der Waals surface area contributed by atoms with E-state index in [-0.39, 0.29) is 5.91 Å². The summed E-state index contributed by atoms with van der Waals surface area (Å²) in [6.45, 7) is 3.84. The molecule has 0 saturated carbocycles. The number of likely N-dealkylation sites (N-methyl/N-ethyl adjacent to an activating group) is 1. The van der Waals surface area contributed by atoms with Crippen LogP contribution in [0.4, 0.5) is 0 Å². The second-order valence-corrected chi connectivity index (χ2v) is 6.73. The number of rotatable bonds is 4. The Morgan fingerprint density at radius 1 is 1.19 bits per heavy atom. The summed E-state index contributed by atoms with van der Waals surface area (Å²) < 4.78 is 3.56. The second-order valence-electron chi connectivity index (χ2n) is 6.32. The summed E-state index contributed by atoms with van der Waals surface area (Å²) in [5.41, 5.74) is 2.20. The van der Waals surface area contributed by atoms with Gasteiger partial charge in [-0.25, -0.2) is 9.67 Å². The third-order valence-corrected chi connectivity index (χ3v) is 4.90. The van der Waals surface area contributed by atoms with Gasteiger partial charge >= 0.3 is 0 Å². The van der Waals surface area contributed by atoms with Gasteiger partial charge in [0.15, 0.2) is 11.6 Å². The molecule has 0 fully saturated rings. The van der Waals surface area contributed by atoms with E-state index in [2.05, 4.69) is 15.2 Å². The number of halogens is 1. The number of hydrogen-bond donors (Lipinski definition) is 0. The summed E-state index contributed by atoms with van der Waals surface area (Å²) in [5.74, 6) is 1.36. The van der Waals surface area contributed by atoms with E-state index in [0.29, 0.717) is 41.9 Å². The summed E-state index contributed by atoms with van der Waals surface area (Å²) in [7, 11) is 1.80. The van der Waals surface area contributed by atoms with Crippen LogP contribution in [0.1, 0.15) is 28.8 Å². The Morgan fingerprint density at radius 3 is 2.77 bits per heavy atom. The number of carbonyl (C=O) groups excluding carboxylic acids is 1. The van der Waals surface area contributed by atoms with E-state index < -0.39 is 0 Å². The quantitative estimate of drug-likeness (QED) is 0.707. The van der Waals surface area contributed by atoms with Crippen LogP contribution in [0.5, 0.6) is 0 Å². The van der Waals surface area contributed by atoms with Gasteiger partial charge in [0, 0.05) is 31.1 Å². The summed E-state index contributed by atoms with van der Waals surface area (Å²) >= 11 is 6.30. The lowest BCUT2D eigenvalue weighted by atomic mass is 10.2. The second kappa shape index (κ2) is 6.57. The van der Waals surface area contributed by atoms with Gasteiger partial charge in [-0.2, -0.15) is 10.2 Å². The molecule has 1 aliphatic heterocycles. The minimum atomic E-state index is -0.0251. The highest BCUT2D eigenvalue weighted by Gasteiger charge is 2.26. The van der Waals surface area contributed by atoms with Crippen LogP contribution in [0, 0.1) is 0 Å². The van der Waals surface area contributed by atoms with Crippen molar-refractivity contribution in [3.05, 3.63) is 52.4 Å². The van der Waals surface area contributed by atoms with Crippen molar-refractivity contribution in [3.63, 3.8) is 0 Å². The predicted octanol–water partition coefficient (Wildman–Crippen LogP) is 2.49. The van der Waals surface area contributed by atoms with E-state index in [4.69, 9.17) is 11.6 Å². The van der Waals surface area contributed by atoms with Crippen molar-refractivity contribution in [2.75, 3.05) is 13.6 Å². The molecule has 0 N–H and O–H groups in total. The van der Waals surface area contributed by atoms with Crippen LogP contribution >= 0.6 is 11.6 Å². The number of amides is 1. The fourth-order valence-corrected chi connectivity index (χ4v) is 3.23. The molecule has 1 aliphatic rings. The first kappa shape index (κ1) is 16.8. The van der Waals surface area contributed by atoms with Gasteiger partial charge in [-0.15, -0.1) is 0 Å². The number of fused-ring (bicyclic) bond motifs is 1. The maximum atomic E-state index is 12.3. The molecule has 0 spiro atoms. The van der Waals surface area contributed by atoms with E-state index >= 15 is 0 Å². The van der Waals surface area contributed by atoms with Crippen molar-refractivity contribution in [1.82, 2.24) is 29.4 Å². The molecule has 1 amide bonds. The number of carbonyl (C=O) groups is 1. The third-order valence-electron chi connectivity index (χ3n) is 4.53. The Hall–Kier alpha value is -2.67. The van der Waals surface area contributed by atoms with Crippen molar-refractivity contribution < 1.29 is 4.79 Å². The maximum absolute atomic E-state index is 12.3. The zero-order chi connectivity index (χ0) is 18.3. The molecule has 8 heteroatoms. The van der Waals surface area contributed by atoms with Crippen molar-refractivity contribution in [2.45, 2.75) is 26.4 Å². The fourth-order valence-electron chi connectivity index (χ4n) is 3.04. The number of benzene rings is 1.